The third-order valence-electron chi connectivity index (χ3n) is 2.78. The van der Waals surface area contributed by atoms with Gasteiger partial charge in [0, 0.05) is 17.0 Å². The zero-order chi connectivity index (χ0) is 12.4. The van der Waals surface area contributed by atoms with Crippen LogP contribution in [0.3, 0.4) is 0 Å². The topological polar surface area (TPSA) is 42.1 Å². The van der Waals surface area contributed by atoms with Crippen LogP contribution in [-0.2, 0) is 0 Å². The molecule has 3 heteroatoms. The Balaban J connectivity index is 2.69. The van der Waals surface area contributed by atoms with Crippen LogP contribution in [0.4, 0.5) is 0 Å². The highest BCUT2D eigenvalue weighted by molar-refractivity contribution is 5.83. The average molecular weight is 231 g/mol. The number of hydrogen-bond acceptors (Lipinski definition) is 2. The van der Waals surface area contributed by atoms with Crippen molar-refractivity contribution < 1.29 is 4.74 Å². The minimum Gasteiger partial charge on any atom is -0.494 e. The van der Waals surface area contributed by atoms with E-state index in [9.17, 15) is 4.79 Å². The Morgan fingerprint density at radius 3 is 2.71 bits per heavy atom. The van der Waals surface area contributed by atoms with Crippen molar-refractivity contribution in [1.29, 1.82) is 0 Å². The zero-order valence-electron chi connectivity index (χ0n) is 10.4. The summed E-state index contributed by atoms with van der Waals surface area (Å²) in [6.07, 6.45) is 0. The van der Waals surface area contributed by atoms with Gasteiger partial charge in [0.1, 0.15) is 5.75 Å². The Kier molecular flexibility index (Phi) is 3.18. The fourth-order valence-electron chi connectivity index (χ4n) is 1.99. The molecular weight excluding hydrogens is 214 g/mol. The van der Waals surface area contributed by atoms with Crippen molar-refractivity contribution in [2.45, 2.75) is 26.7 Å². The SMILES string of the molecule is CCOc1ccc2[nH]c(=O)cc(C(C)C)c2c1. The number of aromatic nitrogens is 1. The standard InChI is InChI=1S/C14H17NO2/c1-4-17-10-5-6-13-12(7-10)11(9(2)3)8-14(16)15-13/h5-9H,4H2,1-3H3,(H,15,16). The van der Waals surface area contributed by atoms with Crippen LogP contribution in [0, 0.1) is 0 Å². The molecule has 1 heterocycles. The highest BCUT2D eigenvalue weighted by Crippen LogP contribution is 2.26. The predicted molar refractivity (Wildman–Crippen MR) is 69.8 cm³/mol. The molecule has 0 aliphatic rings. The number of ether oxygens (including phenoxy) is 1. The molecule has 0 aliphatic carbocycles. The second kappa shape index (κ2) is 4.62. The van der Waals surface area contributed by atoms with E-state index in [0.717, 1.165) is 22.2 Å². The van der Waals surface area contributed by atoms with Crippen LogP contribution in [0.2, 0.25) is 0 Å². The van der Waals surface area contributed by atoms with Gasteiger partial charge in [0.05, 0.1) is 6.61 Å². The lowest BCUT2D eigenvalue weighted by molar-refractivity contribution is 0.340. The molecule has 0 fully saturated rings. The van der Waals surface area contributed by atoms with E-state index in [1.807, 2.05) is 25.1 Å². The highest BCUT2D eigenvalue weighted by Gasteiger charge is 2.08. The summed E-state index contributed by atoms with van der Waals surface area (Å²) in [7, 11) is 0. The van der Waals surface area contributed by atoms with Crippen molar-refractivity contribution in [3.8, 4) is 5.75 Å². The van der Waals surface area contributed by atoms with Crippen LogP contribution in [0.15, 0.2) is 29.1 Å². The predicted octanol–water partition coefficient (Wildman–Crippen LogP) is 3.05. The highest BCUT2D eigenvalue weighted by atomic mass is 16.5. The Bertz CT molecular complexity index is 584. The zero-order valence-corrected chi connectivity index (χ0v) is 10.4. The summed E-state index contributed by atoms with van der Waals surface area (Å²) in [6.45, 7) is 6.77. The van der Waals surface area contributed by atoms with E-state index in [-0.39, 0.29) is 5.56 Å². The largest absolute Gasteiger partial charge is 0.494 e. The summed E-state index contributed by atoms with van der Waals surface area (Å²) < 4.78 is 5.49. The molecule has 0 unspecified atom stereocenters. The van der Waals surface area contributed by atoms with Gasteiger partial charge in [0.25, 0.3) is 0 Å². The monoisotopic (exact) mass is 231 g/mol. The van der Waals surface area contributed by atoms with Gasteiger partial charge in [-0.3, -0.25) is 4.79 Å². The molecule has 0 radical (unpaired) electrons. The van der Waals surface area contributed by atoms with Gasteiger partial charge in [0.15, 0.2) is 0 Å². The molecule has 0 saturated carbocycles. The van der Waals surface area contributed by atoms with Crippen molar-refractivity contribution in [1.82, 2.24) is 4.98 Å². The van der Waals surface area contributed by atoms with Crippen molar-refractivity contribution >= 4 is 10.9 Å². The molecule has 2 rings (SSSR count). The van der Waals surface area contributed by atoms with E-state index in [1.165, 1.54) is 0 Å². The molecule has 2 aromatic rings. The van der Waals surface area contributed by atoms with E-state index in [2.05, 4.69) is 18.8 Å². The molecular formula is C14H17NO2. The number of fused-ring (bicyclic) bond motifs is 1. The van der Waals surface area contributed by atoms with Crippen LogP contribution in [0.1, 0.15) is 32.3 Å². The maximum absolute atomic E-state index is 11.5. The summed E-state index contributed by atoms with van der Waals surface area (Å²) in [5, 5.41) is 1.06. The first-order chi connectivity index (χ1) is 8.11. The minimum atomic E-state index is -0.0506. The van der Waals surface area contributed by atoms with Gasteiger partial charge in [-0.25, -0.2) is 0 Å². The van der Waals surface area contributed by atoms with E-state index in [1.54, 1.807) is 6.07 Å². The fourth-order valence-corrected chi connectivity index (χ4v) is 1.99. The molecule has 3 nitrogen and oxygen atoms in total. The smallest absolute Gasteiger partial charge is 0.248 e. The van der Waals surface area contributed by atoms with Gasteiger partial charge in [-0.15, -0.1) is 0 Å². The van der Waals surface area contributed by atoms with Crippen molar-refractivity contribution in [2.24, 2.45) is 0 Å². The first kappa shape index (κ1) is 11.7. The van der Waals surface area contributed by atoms with Gasteiger partial charge in [-0.05, 0) is 36.6 Å². The average Bonchev–Trinajstić information content (AvgIpc) is 2.28. The number of H-pyrrole nitrogens is 1. The van der Waals surface area contributed by atoms with Gasteiger partial charge in [0.2, 0.25) is 5.56 Å². The first-order valence-corrected chi connectivity index (χ1v) is 5.91. The summed E-state index contributed by atoms with van der Waals surface area (Å²) in [4.78, 5) is 14.4. The molecule has 0 spiro atoms. The Hall–Kier alpha value is -1.77. The molecule has 0 amide bonds. The summed E-state index contributed by atoms with van der Waals surface area (Å²) in [6, 6.07) is 7.44. The van der Waals surface area contributed by atoms with Gasteiger partial charge in [-0.2, -0.15) is 0 Å². The number of nitrogens with one attached hydrogen (secondary N) is 1. The van der Waals surface area contributed by atoms with E-state index < -0.39 is 0 Å². The van der Waals surface area contributed by atoms with Crippen molar-refractivity contribution in [3.05, 3.63) is 40.2 Å². The number of benzene rings is 1. The van der Waals surface area contributed by atoms with Crippen LogP contribution in [0.25, 0.3) is 10.9 Å². The van der Waals surface area contributed by atoms with Gasteiger partial charge in [-0.1, -0.05) is 13.8 Å². The lowest BCUT2D eigenvalue weighted by atomic mass is 9.99. The molecule has 0 saturated heterocycles. The number of hydrogen-bond donors (Lipinski definition) is 1. The number of aromatic amines is 1. The first-order valence-electron chi connectivity index (χ1n) is 5.91. The van der Waals surface area contributed by atoms with Crippen LogP contribution in [-0.4, -0.2) is 11.6 Å². The van der Waals surface area contributed by atoms with E-state index in [0.29, 0.717) is 12.5 Å². The lowest BCUT2D eigenvalue weighted by Crippen LogP contribution is -2.07. The Labute approximate surface area is 100 Å². The Morgan fingerprint density at radius 2 is 2.06 bits per heavy atom. The molecule has 1 aromatic carbocycles. The van der Waals surface area contributed by atoms with Crippen molar-refractivity contribution in [2.75, 3.05) is 6.61 Å². The minimum absolute atomic E-state index is 0.0506. The Morgan fingerprint density at radius 1 is 1.29 bits per heavy atom. The van der Waals surface area contributed by atoms with Crippen molar-refractivity contribution in [3.63, 3.8) is 0 Å². The van der Waals surface area contributed by atoms with E-state index in [4.69, 9.17) is 4.74 Å². The maximum Gasteiger partial charge on any atom is 0.248 e. The molecule has 0 aliphatic heterocycles. The van der Waals surface area contributed by atoms with Gasteiger partial charge >= 0.3 is 0 Å². The summed E-state index contributed by atoms with van der Waals surface area (Å²) >= 11 is 0. The number of pyridine rings is 1. The summed E-state index contributed by atoms with van der Waals surface area (Å²) in [5.41, 5.74) is 1.88. The molecule has 0 bridgehead atoms. The fraction of sp³-hybridized carbons (Fsp3) is 0.357. The van der Waals surface area contributed by atoms with E-state index >= 15 is 0 Å². The van der Waals surface area contributed by atoms with Crippen LogP contribution >= 0.6 is 0 Å². The molecule has 90 valence electrons. The van der Waals surface area contributed by atoms with Crippen LogP contribution < -0.4 is 10.3 Å². The molecule has 17 heavy (non-hydrogen) atoms. The maximum atomic E-state index is 11.5. The number of rotatable bonds is 3. The summed E-state index contributed by atoms with van der Waals surface area (Å²) in [5.74, 6) is 1.16. The second-order valence-electron chi connectivity index (χ2n) is 4.38. The molecule has 1 aromatic heterocycles. The van der Waals surface area contributed by atoms with Crippen LogP contribution in [0.5, 0.6) is 5.75 Å². The lowest BCUT2D eigenvalue weighted by Gasteiger charge is -2.11. The normalized spacial score (nSPS) is 11.1. The third-order valence-corrected chi connectivity index (χ3v) is 2.78. The second-order valence-corrected chi connectivity index (χ2v) is 4.38. The third kappa shape index (κ3) is 2.33. The quantitative estimate of drug-likeness (QED) is 0.882. The van der Waals surface area contributed by atoms with Gasteiger partial charge < -0.3 is 9.72 Å². The molecule has 0 atom stereocenters. The molecule has 1 N–H and O–H groups in total.